The zero-order chi connectivity index (χ0) is 15.4. The molecule has 0 bridgehead atoms. The molecule has 5 nitrogen and oxygen atoms in total. The number of rotatable bonds is 5. The van der Waals surface area contributed by atoms with Crippen molar-refractivity contribution in [3.8, 4) is 0 Å². The Labute approximate surface area is 131 Å². The molecular formula is C17H23N5. The minimum absolute atomic E-state index is 0.437. The number of nitrogens with zero attached hydrogens (tertiary/aromatic N) is 4. The van der Waals surface area contributed by atoms with E-state index in [0.717, 1.165) is 49.8 Å². The summed E-state index contributed by atoms with van der Waals surface area (Å²) in [6.45, 7) is 7.26. The Morgan fingerprint density at radius 2 is 2.05 bits per heavy atom. The fourth-order valence-electron chi connectivity index (χ4n) is 2.87. The summed E-state index contributed by atoms with van der Waals surface area (Å²) < 4.78 is 0. The van der Waals surface area contributed by atoms with Crippen molar-refractivity contribution >= 4 is 5.95 Å². The van der Waals surface area contributed by atoms with Gasteiger partial charge in [0.05, 0.1) is 0 Å². The second-order valence-electron chi connectivity index (χ2n) is 5.97. The molecule has 1 fully saturated rings. The first-order valence-electron chi connectivity index (χ1n) is 7.90. The number of likely N-dealkylation sites (tertiary alicyclic amines) is 1. The Balaban J connectivity index is 1.48. The highest BCUT2D eigenvalue weighted by atomic mass is 15.2. The molecule has 3 rings (SSSR count). The van der Waals surface area contributed by atoms with Gasteiger partial charge >= 0.3 is 0 Å². The SMILES string of the molecule is Cc1cccc(CCN2CCC(Nc3nccc(C)n3)C2)n1. The quantitative estimate of drug-likeness (QED) is 0.917. The van der Waals surface area contributed by atoms with Crippen LogP contribution < -0.4 is 5.32 Å². The van der Waals surface area contributed by atoms with Crippen LogP contribution in [-0.2, 0) is 6.42 Å². The lowest BCUT2D eigenvalue weighted by Gasteiger charge is -2.16. The smallest absolute Gasteiger partial charge is 0.223 e. The molecule has 2 aromatic rings. The standard InChI is InChI=1S/C17H23N5/c1-13-4-3-5-15(19-13)7-10-22-11-8-16(12-22)21-17-18-9-6-14(2)20-17/h3-6,9,16H,7-8,10-12H2,1-2H3,(H,18,20,21). The molecule has 1 atom stereocenters. The summed E-state index contributed by atoms with van der Waals surface area (Å²) in [5.41, 5.74) is 3.27. The number of nitrogens with one attached hydrogen (secondary N) is 1. The predicted octanol–water partition coefficient (Wildman–Crippen LogP) is 2.22. The first-order valence-corrected chi connectivity index (χ1v) is 7.90. The highest BCUT2D eigenvalue weighted by Gasteiger charge is 2.22. The molecule has 0 radical (unpaired) electrons. The van der Waals surface area contributed by atoms with Crippen molar-refractivity contribution in [1.29, 1.82) is 0 Å². The normalized spacial score (nSPS) is 18.5. The lowest BCUT2D eigenvalue weighted by Crippen LogP contribution is -2.28. The van der Waals surface area contributed by atoms with Crippen LogP contribution in [0.1, 0.15) is 23.5 Å². The van der Waals surface area contributed by atoms with Gasteiger partial charge in [-0.25, -0.2) is 9.97 Å². The topological polar surface area (TPSA) is 53.9 Å². The van der Waals surface area contributed by atoms with Crippen molar-refractivity contribution in [2.45, 2.75) is 32.7 Å². The fraction of sp³-hybridized carbons (Fsp3) is 0.471. The summed E-state index contributed by atoms with van der Waals surface area (Å²) in [7, 11) is 0. The molecule has 1 unspecified atom stereocenters. The molecular weight excluding hydrogens is 274 g/mol. The molecule has 3 heterocycles. The lowest BCUT2D eigenvalue weighted by atomic mass is 10.2. The molecule has 5 heteroatoms. The summed E-state index contributed by atoms with van der Waals surface area (Å²) in [6, 6.07) is 8.59. The van der Waals surface area contributed by atoms with Crippen LogP contribution in [0.3, 0.4) is 0 Å². The van der Waals surface area contributed by atoms with E-state index < -0.39 is 0 Å². The van der Waals surface area contributed by atoms with Gasteiger partial charge in [-0.05, 0) is 38.5 Å². The van der Waals surface area contributed by atoms with Gasteiger partial charge in [0.1, 0.15) is 0 Å². The van der Waals surface area contributed by atoms with Crippen molar-refractivity contribution in [2.75, 3.05) is 25.0 Å². The van der Waals surface area contributed by atoms with Gasteiger partial charge in [0.2, 0.25) is 5.95 Å². The summed E-state index contributed by atoms with van der Waals surface area (Å²) in [4.78, 5) is 15.7. The van der Waals surface area contributed by atoms with E-state index in [4.69, 9.17) is 0 Å². The number of hydrogen-bond acceptors (Lipinski definition) is 5. The van der Waals surface area contributed by atoms with Gasteiger partial charge < -0.3 is 10.2 Å². The third-order valence-corrected chi connectivity index (χ3v) is 4.03. The van der Waals surface area contributed by atoms with E-state index in [-0.39, 0.29) is 0 Å². The Kier molecular flexibility index (Phi) is 4.63. The monoisotopic (exact) mass is 297 g/mol. The van der Waals surface area contributed by atoms with Crippen LogP contribution >= 0.6 is 0 Å². The molecule has 2 aromatic heterocycles. The first-order chi connectivity index (χ1) is 10.7. The highest BCUT2D eigenvalue weighted by Crippen LogP contribution is 2.14. The van der Waals surface area contributed by atoms with Gasteiger partial charge in [-0.3, -0.25) is 4.98 Å². The number of aromatic nitrogens is 3. The fourth-order valence-corrected chi connectivity index (χ4v) is 2.87. The van der Waals surface area contributed by atoms with Gasteiger partial charge in [-0.15, -0.1) is 0 Å². The van der Waals surface area contributed by atoms with E-state index in [1.54, 1.807) is 6.20 Å². The van der Waals surface area contributed by atoms with Crippen LogP contribution in [0, 0.1) is 13.8 Å². The Morgan fingerprint density at radius 1 is 1.18 bits per heavy atom. The van der Waals surface area contributed by atoms with Crippen molar-refractivity contribution in [3.63, 3.8) is 0 Å². The number of aryl methyl sites for hydroxylation is 2. The van der Waals surface area contributed by atoms with Gasteiger partial charge in [0.15, 0.2) is 0 Å². The van der Waals surface area contributed by atoms with Crippen LogP contribution in [0.15, 0.2) is 30.5 Å². The molecule has 0 saturated carbocycles. The van der Waals surface area contributed by atoms with Crippen molar-refractivity contribution < 1.29 is 0 Å². The van der Waals surface area contributed by atoms with E-state index in [9.17, 15) is 0 Å². The Morgan fingerprint density at radius 3 is 2.86 bits per heavy atom. The van der Waals surface area contributed by atoms with Crippen LogP contribution in [0.2, 0.25) is 0 Å². The van der Waals surface area contributed by atoms with Gasteiger partial charge in [-0.2, -0.15) is 0 Å². The minimum Gasteiger partial charge on any atom is -0.350 e. The zero-order valence-electron chi connectivity index (χ0n) is 13.3. The Hall–Kier alpha value is -2.01. The number of anilines is 1. The van der Waals surface area contributed by atoms with Crippen LogP contribution in [-0.4, -0.2) is 45.5 Å². The zero-order valence-corrected chi connectivity index (χ0v) is 13.3. The van der Waals surface area contributed by atoms with E-state index in [1.165, 1.54) is 5.69 Å². The number of pyridine rings is 1. The summed E-state index contributed by atoms with van der Waals surface area (Å²) in [5.74, 6) is 0.743. The molecule has 1 aliphatic heterocycles. The molecule has 0 amide bonds. The van der Waals surface area contributed by atoms with Gasteiger partial charge in [0, 0.05) is 55.4 Å². The first kappa shape index (κ1) is 14.9. The highest BCUT2D eigenvalue weighted by molar-refractivity contribution is 5.27. The van der Waals surface area contributed by atoms with Gasteiger partial charge in [0.25, 0.3) is 0 Å². The second-order valence-corrected chi connectivity index (χ2v) is 5.97. The third kappa shape index (κ3) is 4.01. The van der Waals surface area contributed by atoms with E-state index >= 15 is 0 Å². The molecule has 116 valence electrons. The average Bonchev–Trinajstić information content (AvgIpc) is 2.93. The second kappa shape index (κ2) is 6.83. The summed E-state index contributed by atoms with van der Waals surface area (Å²) in [6.07, 6.45) is 3.95. The lowest BCUT2D eigenvalue weighted by molar-refractivity contribution is 0.339. The predicted molar refractivity (Wildman–Crippen MR) is 87.9 cm³/mol. The van der Waals surface area contributed by atoms with Crippen molar-refractivity contribution in [1.82, 2.24) is 19.9 Å². The minimum atomic E-state index is 0.437. The molecule has 0 aliphatic carbocycles. The van der Waals surface area contributed by atoms with Crippen molar-refractivity contribution in [2.24, 2.45) is 0 Å². The maximum Gasteiger partial charge on any atom is 0.223 e. The maximum atomic E-state index is 4.57. The molecule has 1 N–H and O–H groups in total. The van der Waals surface area contributed by atoms with Crippen LogP contribution in [0.4, 0.5) is 5.95 Å². The third-order valence-electron chi connectivity index (χ3n) is 4.03. The van der Waals surface area contributed by atoms with Crippen molar-refractivity contribution in [3.05, 3.63) is 47.5 Å². The molecule has 0 spiro atoms. The van der Waals surface area contributed by atoms with E-state index in [1.807, 2.05) is 26.0 Å². The average molecular weight is 297 g/mol. The molecule has 1 aliphatic rings. The van der Waals surface area contributed by atoms with E-state index in [2.05, 4.69) is 37.3 Å². The maximum absolute atomic E-state index is 4.57. The van der Waals surface area contributed by atoms with Gasteiger partial charge in [-0.1, -0.05) is 6.07 Å². The molecule has 1 saturated heterocycles. The molecule has 22 heavy (non-hydrogen) atoms. The summed E-state index contributed by atoms with van der Waals surface area (Å²) >= 11 is 0. The van der Waals surface area contributed by atoms with E-state index in [0.29, 0.717) is 6.04 Å². The van der Waals surface area contributed by atoms with Crippen LogP contribution in [0.5, 0.6) is 0 Å². The Bertz CT molecular complexity index is 628. The number of hydrogen-bond donors (Lipinski definition) is 1. The summed E-state index contributed by atoms with van der Waals surface area (Å²) in [5, 5.41) is 3.44. The molecule has 0 aromatic carbocycles. The van der Waals surface area contributed by atoms with Crippen LogP contribution in [0.25, 0.3) is 0 Å². The largest absolute Gasteiger partial charge is 0.350 e.